The first-order chi connectivity index (χ1) is 8.47. The summed E-state index contributed by atoms with van der Waals surface area (Å²) in [6.07, 6.45) is -3.88. The van der Waals surface area contributed by atoms with Crippen molar-refractivity contribution in [3.8, 4) is 0 Å². The van der Waals surface area contributed by atoms with Gasteiger partial charge in [0.1, 0.15) is 11.6 Å². The summed E-state index contributed by atoms with van der Waals surface area (Å²) in [5.74, 6) is -0.909. The Bertz CT molecular complexity index is 384. The standard InChI is InChI=1S/C10H15F3N4O/c1-14-7-6-8(15-4-3-5-18-2)17-9(16-7)10(11,12)13/h6H,3-5H2,1-2H3,(H2,14,15,16,17). The molecule has 1 rings (SSSR count). The number of hydrogen-bond donors (Lipinski definition) is 2. The molecule has 0 saturated carbocycles. The van der Waals surface area contributed by atoms with Crippen molar-refractivity contribution >= 4 is 11.6 Å². The van der Waals surface area contributed by atoms with Gasteiger partial charge in [-0.25, -0.2) is 9.97 Å². The average Bonchev–Trinajstić information content (AvgIpc) is 2.33. The van der Waals surface area contributed by atoms with Crippen molar-refractivity contribution in [1.82, 2.24) is 9.97 Å². The Hall–Kier alpha value is -1.57. The molecule has 0 aliphatic heterocycles. The third-order valence-corrected chi connectivity index (χ3v) is 2.07. The zero-order valence-electron chi connectivity index (χ0n) is 10.1. The number of rotatable bonds is 6. The van der Waals surface area contributed by atoms with E-state index in [0.29, 0.717) is 19.6 Å². The monoisotopic (exact) mass is 264 g/mol. The van der Waals surface area contributed by atoms with Crippen LogP contribution in [-0.4, -0.2) is 37.3 Å². The van der Waals surface area contributed by atoms with E-state index in [-0.39, 0.29) is 11.6 Å². The summed E-state index contributed by atoms with van der Waals surface area (Å²) in [7, 11) is 3.06. The summed E-state index contributed by atoms with van der Waals surface area (Å²) in [6, 6.07) is 1.42. The molecule has 0 saturated heterocycles. The molecule has 0 aliphatic rings. The number of methoxy groups -OCH3 is 1. The lowest BCUT2D eigenvalue weighted by Gasteiger charge is -2.11. The van der Waals surface area contributed by atoms with Gasteiger partial charge in [-0.1, -0.05) is 0 Å². The molecule has 1 heterocycles. The van der Waals surface area contributed by atoms with E-state index in [1.54, 1.807) is 7.11 Å². The lowest BCUT2D eigenvalue weighted by atomic mass is 10.4. The van der Waals surface area contributed by atoms with E-state index in [4.69, 9.17) is 4.74 Å². The molecule has 0 fully saturated rings. The first-order valence-electron chi connectivity index (χ1n) is 5.34. The minimum absolute atomic E-state index is 0.117. The van der Waals surface area contributed by atoms with E-state index in [1.165, 1.54) is 13.1 Å². The van der Waals surface area contributed by atoms with Crippen LogP contribution in [0.1, 0.15) is 12.2 Å². The number of aromatic nitrogens is 2. The number of ether oxygens (including phenoxy) is 1. The molecule has 8 heteroatoms. The molecule has 0 aliphatic carbocycles. The van der Waals surface area contributed by atoms with Gasteiger partial charge in [0.15, 0.2) is 0 Å². The van der Waals surface area contributed by atoms with Crippen LogP contribution >= 0.6 is 0 Å². The highest BCUT2D eigenvalue weighted by atomic mass is 19.4. The summed E-state index contributed by atoms with van der Waals surface area (Å²) in [5, 5.41) is 5.36. The van der Waals surface area contributed by atoms with Crippen LogP contribution < -0.4 is 10.6 Å². The maximum atomic E-state index is 12.5. The minimum atomic E-state index is -4.56. The Labute approximate surface area is 103 Å². The van der Waals surface area contributed by atoms with Gasteiger partial charge in [0, 0.05) is 33.4 Å². The highest BCUT2D eigenvalue weighted by Gasteiger charge is 2.35. The van der Waals surface area contributed by atoms with E-state index in [0.717, 1.165) is 0 Å². The van der Waals surface area contributed by atoms with Crippen molar-refractivity contribution < 1.29 is 17.9 Å². The largest absolute Gasteiger partial charge is 0.451 e. The van der Waals surface area contributed by atoms with Crippen LogP contribution in [-0.2, 0) is 10.9 Å². The first-order valence-corrected chi connectivity index (χ1v) is 5.34. The number of halogens is 3. The number of nitrogens with zero attached hydrogens (tertiary/aromatic N) is 2. The van der Waals surface area contributed by atoms with Crippen molar-refractivity contribution in [1.29, 1.82) is 0 Å². The highest BCUT2D eigenvalue weighted by Crippen LogP contribution is 2.28. The third-order valence-electron chi connectivity index (χ3n) is 2.07. The van der Waals surface area contributed by atoms with Gasteiger partial charge in [0.05, 0.1) is 0 Å². The van der Waals surface area contributed by atoms with Gasteiger partial charge in [-0.3, -0.25) is 0 Å². The second-order valence-electron chi connectivity index (χ2n) is 3.48. The Balaban J connectivity index is 2.78. The molecule has 2 N–H and O–H groups in total. The summed E-state index contributed by atoms with van der Waals surface area (Å²) in [4.78, 5) is 6.78. The molecule has 1 aromatic heterocycles. The van der Waals surface area contributed by atoms with Gasteiger partial charge in [-0.05, 0) is 6.42 Å². The molecule has 0 spiro atoms. The van der Waals surface area contributed by atoms with Crippen molar-refractivity contribution in [2.24, 2.45) is 0 Å². The number of alkyl halides is 3. The van der Waals surface area contributed by atoms with Gasteiger partial charge >= 0.3 is 6.18 Å². The van der Waals surface area contributed by atoms with E-state index < -0.39 is 12.0 Å². The van der Waals surface area contributed by atoms with Crippen LogP contribution in [0, 0.1) is 0 Å². The second kappa shape index (κ2) is 6.39. The summed E-state index contributed by atoms with van der Waals surface area (Å²) < 4.78 is 42.4. The molecule has 5 nitrogen and oxygen atoms in total. The maximum Gasteiger partial charge on any atom is 0.451 e. The first kappa shape index (κ1) is 14.5. The fourth-order valence-corrected chi connectivity index (χ4v) is 1.23. The zero-order chi connectivity index (χ0) is 13.6. The number of hydrogen-bond acceptors (Lipinski definition) is 5. The average molecular weight is 264 g/mol. The van der Waals surface area contributed by atoms with Crippen molar-refractivity contribution in [2.45, 2.75) is 12.6 Å². The van der Waals surface area contributed by atoms with Crippen molar-refractivity contribution in [2.75, 3.05) is 37.9 Å². The van der Waals surface area contributed by atoms with E-state index in [9.17, 15) is 13.2 Å². The maximum absolute atomic E-state index is 12.5. The van der Waals surface area contributed by atoms with Crippen molar-refractivity contribution in [3.05, 3.63) is 11.9 Å². The fraction of sp³-hybridized carbons (Fsp3) is 0.600. The SMILES string of the molecule is CNc1cc(NCCCOC)nc(C(F)(F)F)n1. The smallest absolute Gasteiger partial charge is 0.385 e. The third kappa shape index (κ3) is 4.36. The van der Waals surface area contributed by atoms with Gasteiger partial charge < -0.3 is 15.4 Å². The molecule has 0 aromatic carbocycles. The van der Waals surface area contributed by atoms with Crippen LogP contribution in [0.4, 0.5) is 24.8 Å². The quantitative estimate of drug-likeness (QED) is 0.769. The van der Waals surface area contributed by atoms with E-state index in [1.807, 2.05) is 0 Å². The van der Waals surface area contributed by atoms with Crippen LogP contribution in [0.2, 0.25) is 0 Å². The molecule has 102 valence electrons. The molecule has 1 aromatic rings. The van der Waals surface area contributed by atoms with Crippen molar-refractivity contribution in [3.63, 3.8) is 0 Å². The molecule has 0 radical (unpaired) electrons. The Morgan fingerprint density at radius 3 is 2.50 bits per heavy atom. The molecule has 0 amide bonds. The molecular weight excluding hydrogens is 249 g/mol. The summed E-state index contributed by atoms with van der Waals surface area (Å²) >= 11 is 0. The minimum Gasteiger partial charge on any atom is -0.385 e. The topological polar surface area (TPSA) is 59.1 Å². The lowest BCUT2D eigenvalue weighted by Crippen LogP contribution is -2.15. The predicted octanol–water partition coefficient (Wildman–Crippen LogP) is 1.99. The predicted molar refractivity (Wildman–Crippen MR) is 61.6 cm³/mol. The van der Waals surface area contributed by atoms with Gasteiger partial charge in [0.25, 0.3) is 0 Å². The zero-order valence-corrected chi connectivity index (χ0v) is 10.1. The Morgan fingerprint density at radius 2 is 1.94 bits per heavy atom. The number of anilines is 2. The van der Waals surface area contributed by atoms with Crippen LogP contribution in [0.5, 0.6) is 0 Å². The van der Waals surface area contributed by atoms with Gasteiger partial charge in [0.2, 0.25) is 5.82 Å². The second-order valence-corrected chi connectivity index (χ2v) is 3.48. The van der Waals surface area contributed by atoms with Crippen LogP contribution in [0.25, 0.3) is 0 Å². The Kier molecular flexibility index (Phi) is 5.14. The van der Waals surface area contributed by atoms with Gasteiger partial charge in [-0.15, -0.1) is 0 Å². The van der Waals surface area contributed by atoms with E-state index in [2.05, 4.69) is 20.6 Å². The molecular formula is C10H15F3N4O. The molecule has 0 bridgehead atoms. The molecule has 0 unspecified atom stereocenters. The lowest BCUT2D eigenvalue weighted by molar-refractivity contribution is -0.144. The fourth-order valence-electron chi connectivity index (χ4n) is 1.23. The van der Waals surface area contributed by atoms with Crippen LogP contribution in [0.3, 0.4) is 0 Å². The molecule has 18 heavy (non-hydrogen) atoms. The Morgan fingerprint density at radius 1 is 1.28 bits per heavy atom. The highest BCUT2D eigenvalue weighted by molar-refractivity contribution is 5.47. The van der Waals surface area contributed by atoms with Crippen LogP contribution in [0.15, 0.2) is 6.07 Å². The van der Waals surface area contributed by atoms with E-state index >= 15 is 0 Å². The number of nitrogens with one attached hydrogen (secondary N) is 2. The summed E-state index contributed by atoms with van der Waals surface area (Å²) in [5.41, 5.74) is 0. The normalized spacial score (nSPS) is 11.4. The van der Waals surface area contributed by atoms with Gasteiger partial charge in [-0.2, -0.15) is 13.2 Å². The molecule has 0 atom stereocenters. The summed E-state index contributed by atoms with van der Waals surface area (Å²) in [6.45, 7) is 1.01.